The first-order valence-electron chi connectivity index (χ1n) is 2.78. The Hall–Kier alpha value is -1.39. The second kappa shape index (κ2) is 2.09. The number of aromatic nitrogens is 3. The van der Waals surface area contributed by atoms with Crippen molar-refractivity contribution in [1.82, 2.24) is 14.8 Å². The number of aryl methyl sites for hydroxylation is 1. The van der Waals surface area contributed by atoms with Gasteiger partial charge < -0.3 is 5.73 Å². The van der Waals surface area contributed by atoms with Gasteiger partial charge >= 0.3 is 0 Å². The lowest BCUT2D eigenvalue weighted by Gasteiger charge is -1.99. The molecule has 0 saturated heterocycles. The molecule has 2 N–H and O–H groups in total. The lowest BCUT2D eigenvalue weighted by atomic mass is 10.6. The molecule has 0 aliphatic carbocycles. The minimum Gasteiger partial charge on any atom is -0.378 e. The van der Waals surface area contributed by atoms with Crippen LogP contribution in [-0.4, -0.2) is 14.8 Å². The van der Waals surface area contributed by atoms with Gasteiger partial charge in [0.15, 0.2) is 0 Å². The molecule has 0 unspecified atom stereocenters. The van der Waals surface area contributed by atoms with E-state index in [1.165, 1.54) is 4.57 Å². The van der Waals surface area contributed by atoms with Crippen LogP contribution in [0.3, 0.4) is 0 Å². The zero-order chi connectivity index (χ0) is 7.72. The molecule has 1 rings (SSSR count). The predicted molar refractivity (Wildman–Crippen MR) is 36.4 cm³/mol. The number of hydrogen-bond donors (Lipinski definition) is 1. The van der Waals surface area contributed by atoms with Gasteiger partial charge in [-0.2, -0.15) is 0 Å². The van der Waals surface area contributed by atoms with E-state index >= 15 is 0 Å². The van der Waals surface area contributed by atoms with Crippen LogP contribution < -0.4 is 11.3 Å². The third kappa shape index (κ3) is 0.854. The zero-order valence-corrected chi connectivity index (χ0v) is 5.83. The molecule has 1 aromatic rings. The van der Waals surface area contributed by atoms with Gasteiger partial charge in [-0.15, -0.1) is 10.2 Å². The zero-order valence-electron chi connectivity index (χ0n) is 5.83. The smallest absolute Gasteiger partial charge is 0.296 e. The van der Waals surface area contributed by atoms with Crippen molar-refractivity contribution in [1.29, 1.82) is 0 Å². The molecule has 0 aromatic carbocycles. The van der Waals surface area contributed by atoms with Crippen LogP contribution in [0.2, 0.25) is 0 Å². The summed E-state index contributed by atoms with van der Waals surface area (Å²) in [6, 6.07) is 0. The molecule has 0 saturated carbocycles. The molecular formula is C5H8N4O. The second-order valence-electron chi connectivity index (χ2n) is 2.00. The Morgan fingerprint density at radius 1 is 1.50 bits per heavy atom. The van der Waals surface area contributed by atoms with Gasteiger partial charge in [-0.25, -0.2) is 0 Å². The molecule has 0 bridgehead atoms. The fraction of sp³-hybridized carbons (Fsp3) is 0.400. The van der Waals surface area contributed by atoms with Gasteiger partial charge in [0.25, 0.3) is 5.56 Å². The molecular weight excluding hydrogens is 132 g/mol. The van der Waals surface area contributed by atoms with Gasteiger partial charge in [-0.1, -0.05) is 0 Å². The average Bonchev–Trinajstić information content (AvgIpc) is 1.93. The van der Waals surface area contributed by atoms with E-state index in [0.717, 1.165) is 0 Å². The largest absolute Gasteiger partial charge is 0.378 e. The van der Waals surface area contributed by atoms with Gasteiger partial charge in [0, 0.05) is 7.05 Å². The molecule has 0 spiro atoms. The van der Waals surface area contributed by atoms with Crippen molar-refractivity contribution >= 4 is 5.82 Å². The van der Waals surface area contributed by atoms with Gasteiger partial charge in [0.05, 0.1) is 0 Å². The van der Waals surface area contributed by atoms with E-state index in [9.17, 15) is 4.79 Å². The summed E-state index contributed by atoms with van der Waals surface area (Å²) in [5, 5.41) is 7.06. The van der Waals surface area contributed by atoms with E-state index in [2.05, 4.69) is 10.2 Å². The van der Waals surface area contributed by atoms with Crippen molar-refractivity contribution in [3.63, 3.8) is 0 Å². The second-order valence-corrected chi connectivity index (χ2v) is 2.00. The minimum atomic E-state index is -0.299. The first kappa shape index (κ1) is 6.73. The summed E-state index contributed by atoms with van der Waals surface area (Å²) < 4.78 is 1.35. The Morgan fingerprint density at radius 2 is 2.10 bits per heavy atom. The molecule has 0 atom stereocenters. The molecule has 0 amide bonds. The lowest BCUT2D eigenvalue weighted by Crippen LogP contribution is -2.24. The highest BCUT2D eigenvalue weighted by atomic mass is 16.1. The number of rotatable bonds is 0. The number of anilines is 1. The Kier molecular flexibility index (Phi) is 1.41. The summed E-state index contributed by atoms with van der Waals surface area (Å²) in [5.41, 5.74) is 4.88. The maximum Gasteiger partial charge on any atom is 0.296 e. The Balaban J connectivity index is 3.50. The fourth-order valence-electron chi connectivity index (χ4n) is 0.555. The molecule has 1 heterocycles. The standard InChI is InChI=1S/C5H8N4O/c1-3-7-8-4(6)5(10)9(3)2/h1-2H3,(H2,6,8). The highest BCUT2D eigenvalue weighted by Gasteiger charge is 1.99. The highest BCUT2D eigenvalue weighted by Crippen LogP contribution is 1.84. The van der Waals surface area contributed by atoms with Crippen molar-refractivity contribution in [3.8, 4) is 0 Å². The van der Waals surface area contributed by atoms with Crippen LogP contribution >= 0.6 is 0 Å². The van der Waals surface area contributed by atoms with E-state index in [0.29, 0.717) is 5.82 Å². The lowest BCUT2D eigenvalue weighted by molar-refractivity contribution is 0.734. The summed E-state index contributed by atoms with van der Waals surface area (Å²) in [5.74, 6) is 0.493. The molecule has 0 aliphatic rings. The van der Waals surface area contributed by atoms with E-state index < -0.39 is 0 Å². The first-order chi connectivity index (χ1) is 4.63. The van der Waals surface area contributed by atoms with Gasteiger partial charge in [0.2, 0.25) is 5.82 Å². The minimum absolute atomic E-state index is 0.0619. The molecule has 5 heteroatoms. The summed E-state index contributed by atoms with van der Waals surface area (Å²) in [6.07, 6.45) is 0. The summed E-state index contributed by atoms with van der Waals surface area (Å²) in [4.78, 5) is 10.9. The molecule has 5 nitrogen and oxygen atoms in total. The van der Waals surface area contributed by atoms with Crippen LogP contribution in [0.1, 0.15) is 5.82 Å². The summed E-state index contributed by atoms with van der Waals surface area (Å²) >= 11 is 0. The topological polar surface area (TPSA) is 73.8 Å². The molecule has 1 aromatic heterocycles. The molecule has 0 fully saturated rings. The molecule has 10 heavy (non-hydrogen) atoms. The summed E-state index contributed by atoms with van der Waals surface area (Å²) in [6.45, 7) is 1.69. The number of nitrogens with zero attached hydrogens (tertiary/aromatic N) is 3. The maximum atomic E-state index is 10.9. The normalized spacial score (nSPS) is 9.80. The third-order valence-electron chi connectivity index (χ3n) is 1.31. The summed E-state index contributed by atoms with van der Waals surface area (Å²) in [7, 11) is 1.60. The molecule has 54 valence electrons. The van der Waals surface area contributed by atoms with Crippen molar-refractivity contribution in [2.45, 2.75) is 6.92 Å². The van der Waals surface area contributed by atoms with E-state index in [4.69, 9.17) is 5.73 Å². The van der Waals surface area contributed by atoms with Crippen molar-refractivity contribution < 1.29 is 0 Å². The van der Waals surface area contributed by atoms with Crippen LogP contribution in [-0.2, 0) is 7.05 Å². The number of hydrogen-bond acceptors (Lipinski definition) is 4. The average molecular weight is 140 g/mol. The van der Waals surface area contributed by atoms with Crippen LogP contribution in [0.15, 0.2) is 4.79 Å². The molecule has 0 radical (unpaired) electrons. The van der Waals surface area contributed by atoms with E-state index in [1.54, 1.807) is 14.0 Å². The SMILES string of the molecule is Cc1nnc(N)c(=O)n1C. The number of nitrogens with two attached hydrogens (primary N) is 1. The Morgan fingerprint density at radius 3 is 2.60 bits per heavy atom. The van der Waals surface area contributed by atoms with Gasteiger partial charge in [-0.05, 0) is 6.92 Å². The van der Waals surface area contributed by atoms with Crippen LogP contribution in [0.4, 0.5) is 5.82 Å². The molecule has 0 aliphatic heterocycles. The maximum absolute atomic E-state index is 10.9. The Bertz CT molecular complexity index is 303. The quantitative estimate of drug-likeness (QED) is 0.505. The van der Waals surface area contributed by atoms with Crippen LogP contribution in [0.25, 0.3) is 0 Å². The van der Waals surface area contributed by atoms with E-state index in [-0.39, 0.29) is 11.4 Å². The van der Waals surface area contributed by atoms with E-state index in [1.807, 2.05) is 0 Å². The van der Waals surface area contributed by atoms with Crippen LogP contribution in [0.5, 0.6) is 0 Å². The van der Waals surface area contributed by atoms with Crippen molar-refractivity contribution in [3.05, 3.63) is 16.2 Å². The van der Waals surface area contributed by atoms with Gasteiger partial charge in [-0.3, -0.25) is 9.36 Å². The number of nitrogen functional groups attached to an aromatic ring is 1. The highest BCUT2D eigenvalue weighted by molar-refractivity contribution is 5.20. The van der Waals surface area contributed by atoms with Gasteiger partial charge in [0.1, 0.15) is 5.82 Å². The predicted octanol–water partition coefficient (Wildman–Crippen LogP) is -0.934. The van der Waals surface area contributed by atoms with Crippen molar-refractivity contribution in [2.75, 3.05) is 5.73 Å². The van der Waals surface area contributed by atoms with Crippen LogP contribution in [0, 0.1) is 6.92 Å². The fourth-order valence-corrected chi connectivity index (χ4v) is 0.555. The first-order valence-corrected chi connectivity index (χ1v) is 2.78. The Labute approximate surface area is 57.5 Å². The monoisotopic (exact) mass is 140 g/mol. The van der Waals surface area contributed by atoms with Crippen molar-refractivity contribution in [2.24, 2.45) is 7.05 Å². The third-order valence-corrected chi connectivity index (χ3v) is 1.31.